The summed E-state index contributed by atoms with van der Waals surface area (Å²) in [7, 11) is 1.28. The second-order valence-corrected chi connectivity index (χ2v) is 5.23. The predicted octanol–water partition coefficient (Wildman–Crippen LogP) is 1.16. The number of methoxy groups -OCH3 is 1. The van der Waals surface area contributed by atoms with Gasteiger partial charge in [-0.2, -0.15) is 0 Å². The number of allylic oxidation sites excluding steroid dienone is 1. The minimum atomic E-state index is -0.711. The average molecular weight is 298 g/mol. The van der Waals surface area contributed by atoms with Crippen LogP contribution in [0.2, 0.25) is 0 Å². The fraction of sp³-hybridized carbons (Fsp3) is 0.667. The van der Waals surface area contributed by atoms with E-state index < -0.39 is 18.1 Å². The van der Waals surface area contributed by atoms with Crippen molar-refractivity contribution < 1.29 is 19.1 Å². The summed E-state index contributed by atoms with van der Waals surface area (Å²) in [6.07, 6.45) is 3.69. The molecule has 120 valence electrons. The lowest BCUT2D eigenvalue weighted by Crippen LogP contribution is -2.53. The van der Waals surface area contributed by atoms with Crippen molar-refractivity contribution >= 4 is 17.8 Å². The molecule has 0 aromatic heterocycles. The molecule has 6 heteroatoms. The van der Waals surface area contributed by atoms with Gasteiger partial charge in [0.2, 0.25) is 11.8 Å². The monoisotopic (exact) mass is 298 g/mol. The van der Waals surface area contributed by atoms with Crippen LogP contribution in [0, 0.1) is 5.92 Å². The summed E-state index contributed by atoms with van der Waals surface area (Å²) in [5.41, 5.74) is 0. The zero-order valence-electron chi connectivity index (χ0n) is 13.3. The average Bonchev–Trinajstić information content (AvgIpc) is 2.42. The Morgan fingerprint density at radius 1 is 1.24 bits per heavy atom. The van der Waals surface area contributed by atoms with Gasteiger partial charge < -0.3 is 15.4 Å². The molecule has 0 aliphatic rings. The number of ether oxygens (including phenoxy) is 1. The molecule has 0 heterocycles. The maximum atomic E-state index is 12.2. The van der Waals surface area contributed by atoms with Crippen LogP contribution in [0.5, 0.6) is 0 Å². The number of hydrogen-bond donors (Lipinski definition) is 2. The molecule has 0 saturated heterocycles. The number of carbonyl (C=O) groups is 3. The van der Waals surface area contributed by atoms with Crippen LogP contribution in [0.3, 0.4) is 0 Å². The largest absolute Gasteiger partial charge is 0.467 e. The second kappa shape index (κ2) is 9.96. The zero-order chi connectivity index (χ0) is 16.4. The first-order valence-electron chi connectivity index (χ1n) is 7.09. The highest BCUT2D eigenvalue weighted by atomic mass is 16.5. The van der Waals surface area contributed by atoms with Gasteiger partial charge >= 0.3 is 5.97 Å². The maximum Gasteiger partial charge on any atom is 0.328 e. The topological polar surface area (TPSA) is 84.5 Å². The Kier molecular flexibility index (Phi) is 9.08. The molecule has 0 saturated carbocycles. The molecule has 0 rings (SSSR count). The molecule has 0 aromatic rings. The molecule has 0 bridgehead atoms. The minimum absolute atomic E-state index is 0.0830. The highest BCUT2D eigenvalue weighted by Crippen LogP contribution is 2.07. The minimum Gasteiger partial charge on any atom is -0.467 e. The van der Waals surface area contributed by atoms with Gasteiger partial charge in [0.25, 0.3) is 0 Å². The molecule has 6 nitrogen and oxygen atoms in total. The fourth-order valence-electron chi connectivity index (χ4n) is 1.87. The van der Waals surface area contributed by atoms with E-state index in [1.165, 1.54) is 14.0 Å². The Morgan fingerprint density at radius 2 is 1.86 bits per heavy atom. The van der Waals surface area contributed by atoms with E-state index in [0.29, 0.717) is 6.42 Å². The summed E-state index contributed by atoms with van der Waals surface area (Å²) in [4.78, 5) is 35.1. The van der Waals surface area contributed by atoms with E-state index in [1.54, 1.807) is 6.08 Å². The van der Waals surface area contributed by atoms with E-state index in [-0.39, 0.29) is 17.7 Å². The van der Waals surface area contributed by atoms with E-state index in [9.17, 15) is 14.4 Å². The van der Waals surface area contributed by atoms with Crippen molar-refractivity contribution in [2.75, 3.05) is 7.11 Å². The lowest BCUT2D eigenvalue weighted by Gasteiger charge is -2.24. The van der Waals surface area contributed by atoms with Gasteiger partial charge in [0.05, 0.1) is 7.11 Å². The maximum absolute atomic E-state index is 12.2. The quantitative estimate of drug-likeness (QED) is 0.380. The van der Waals surface area contributed by atoms with Crippen molar-refractivity contribution in [1.82, 2.24) is 10.6 Å². The summed E-state index contributed by atoms with van der Waals surface area (Å²) < 4.78 is 4.70. The van der Waals surface area contributed by atoms with Crippen LogP contribution in [0.25, 0.3) is 0 Å². The van der Waals surface area contributed by atoms with Crippen molar-refractivity contribution in [2.45, 2.75) is 52.1 Å². The van der Waals surface area contributed by atoms with E-state index >= 15 is 0 Å². The standard InChI is InChI=1S/C15H26N2O4/c1-6-7-8-9-12(15(20)21-5)17-14(19)13(10(2)3)16-11(4)18/h6,10,12-13H,1,7-9H2,2-5H3,(H,16,18)(H,17,19)/t12-,13-/m1/s1. The van der Waals surface area contributed by atoms with Crippen molar-refractivity contribution in [3.63, 3.8) is 0 Å². The second-order valence-electron chi connectivity index (χ2n) is 5.23. The number of hydrogen-bond acceptors (Lipinski definition) is 4. The molecule has 0 aromatic carbocycles. The van der Waals surface area contributed by atoms with E-state index in [4.69, 9.17) is 4.74 Å². The Balaban J connectivity index is 4.78. The van der Waals surface area contributed by atoms with Gasteiger partial charge in [-0.15, -0.1) is 6.58 Å². The molecule has 2 N–H and O–H groups in total. The van der Waals surface area contributed by atoms with Gasteiger partial charge in [-0.3, -0.25) is 9.59 Å². The molecule has 0 fully saturated rings. The first-order valence-corrected chi connectivity index (χ1v) is 7.09. The molecule has 0 unspecified atom stereocenters. The smallest absolute Gasteiger partial charge is 0.328 e. The first kappa shape index (κ1) is 19.1. The lowest BCUT2D eigenvalue weighted by molar-refractivity contribution is -0.145. The third kappa shape index (κ3) is 7.48. The van der Waals surface area contributed by atoms with Crippen molar-refractivity contribution in [2.24, 2.45) is 5.92 Å². The Morgan fingerprint density at radius 3 is 2.29 bits per heavy atom. The van der Waals surface area contributed by atoms with Gasteiger partial charge in [0.15, 0.2) is 0 Å². The number of unbranched alkanes of at least 4 members (excludes halogenated alkanes) is 1. The van der Waals surface area contributed by atoms with Crippen LogP contribution >= 0.6 is 0 Å². The number of esters is 1. The molecular formula is C15H26N2O4. The third-order valence-electron chi connectivity index (χ3n) is 3.01. The summed E-state index contributed by atoms with van der Waals surface area (Å²) in [6.45, 7) is 8.62. The predicted molar refractivity (Wildman–Crippen MR) is 80.4 cm³/mol. The molecule has 21 heavy (non-hydrogen) atoms. The summed E-state index contributed by atoms with van der Waals surface area (Å²) in [6, 6.07) is -1.38. The van der Waals surface area contributed by atoms with Gasteiger partial charge in [0, 0.05) is 6.92 Å². The van der Waals surface area contributed by atoms with Crippen LogP contribution < -0.4 is 10.6 Å². The van der Waals surface area contributed by atoms with Gasteiger partial charge in [-0.1, -0.05) is 19.9 Å². The van der Waals surface area contributed by atoms with Gasteiger partial charge in [0.1, 0.15) is 12.1 Å². The third-order valence-corrected chi connectivity index (χ3v) is 3.01. The number of rotatable bonds is 9. The van der Waals surface area contributed by atoms with Crippen molar-refractivity contribution in [1.29, 1.82) is 0 Å². The number of carbonyl (C=O) groups excluding carboxylic acids is 3. The lowest BCUT2D eigenvalue weighted by atomic mass is 10.0. The highest BCUT2D eigenvalue weighted by molar-refractivity contribution is 5.90. The van der Waals surface area contributed by atoms with E-state index in [0.717, 1.165) is 12.8 Å². The summed E-state index contributed by atoms with van der Waals surface area (Å²) in [5, 5.41) is 5.24. The molecule has 0 aliphatic heterocycles. The molecular weight excluding hydrogens is 272 g/mol. The SMILES string of the molecule is C=CCCC[C@@H](NC(=O)[C@H](NC(C)=O)C(C)C)C(=O)OC. The Bertz CT molecular complexity index is 380. The number of amides is 2. The van der Waals surface area contributed by atoms with Crippen LogP contribution in [-0.4, -0.2) is 37.0 Å². The Labute approximate surface area is 126 Å². The highest BCUT2D eigenvalue weighted by Gasteiger charge is 2.28. The molecule has 2 atom stereocenters. The van der Waals surface area contributed by atoms with Crippen LogP contribution in [0.4, 0.5) is 0 Å². The molecule has 0 spiro atoms. The van der Waals surface area contributed by atoms with Crippen LogP contribution in [-0.2, 0) is 19.1 Å². The molecule has 0 aliphatic carbocycles. The Hall–Kier alpha value is -1.85. The van der Waals surface area contributed by atoms with E-state index in [2.05, 4.69) is 17.2 Å². The number of nitrogens with one attached hydrogen (secondary N) is 2. The van der Waals surface area contributed by atoms with E-state index in [1.807, 2.05) is 13.8 Å². The van der Waals surface area contributed by atoms with Crippen molar-refractivity contribution in [3.05, 3.63) is 12.7 Å². The van der Waals surface area contributed by atoms with Crippen LogP contribution in [0.1, 0.15) is 40.0 Å². The molecule has 0 radical (unpaired) electrons. The fourth-order valence-corrected chi connectivity index (χ4v) is 1.87. The van der Waals surface area contributed by atoms with Crippen molar-refractivity contribution in [3.8, 4) is 0 Å². The normalized spacial score (nSPS) is 13.2. The van der Waals surface area contributed by atoms with Gasteiger partial charge in [-0.25, -0.2) is 4.79 Å². The summed E-state index contributed by atoms with van der Waals surface area (Å²) >= 11 is 0. The van der Waals surface area contributed by atoms with Crippen LogP contribution in [0.15, 0.2) is 12.7 Å². The molecule has 2 amide bonds. The summed E-state index contributed by atoms with van der Waals surface area (Å²) in [5.74, 6) is -1.24. The van der Waals surface area contributed by atoms with Gasteiger partial charge in [-0.05, 0) is 25.2 Å². The first-order chi connectivity index (χ1) is 9.83. The zero-order valence-corrected chi connectivity index (χ0v) is 13.3.